The molecule has 2 rings (SSSR count). The zero-order chi connectivity index (χ0) is 14.2. The minimum Gasteiger partial charge on any atom is -0.338 e. The number of hydrogen-bond donors (Lipinski definition) is 2. The Morgan fingerprint density at radius 3 is 3.10 bits per heavy atom. The van der Waals surface area contributed by atoms with Crippen molar-refractivity contribution in [1.29, 1.82) is 0 Å². The van der Waals surface area contributed by atoms with Gasteiger partial charge in [0.15, 0.2) is 0 Å². The Hall–Kier alpha value is -1.07. The normalized spacial score (nSPS) is 19.8. The second kappa shape index (κ2) is 8.27. The van der Waals surface area contributed by atoms with Gasteiger partial charge in [0, 0.05) is 25.7 Å². The number of amides is 2. The van der Waals surface area contributed by atoms with Gasteiger partial charge in [0.25, 0.3) is 0 Å². The van der Waals surface area contributed by atoms with Gasteiger partial charge in [0.05, 0.1) is 0 Å². The summed E-state index contributed by atoms with van der Waals surface area (Å²) < 4.78 is 0. The molecule has 1 fully saturated rings. The Labute approximate surface area is 125 Å². The molecule has 5 heteroatoms. The van der Waals surface area contributed by atoms with Crippen molar-refractivity contribution in [2.75, 3.05) is 19.6 Å². The summed E-state index contributed by atoms with van der Waals surface area (Å²) in [6.07, 6.45) is 5.02. The highest BCUT2D eigenvalue weighted by atomic mass is 32.1. The number of thiophene rings is 1. The summed E-state index contributed by atoms with van der Waals surface area (Å²) in [4.78, 5) is 14.2. The Morgan fingerprint density at radius 2 is 2.35 bits per heavy atom. The van der Waals surface area contributed by atoms with E-state index in [4.69, 9.17) is 0 Å². The number of likely N-dealkylation sites (tertiary alicyclic amines) is 1. The SMILES string of the molecule is CC1CCCCN1CCCNC(=O)NCc1ccsc1. The Balaban J connectivity index is 1.53. The minimum absolute atomic E-state index is 0.0668. The third-order valence-electron chi connectivity index (χ3n) is 3.88. The highest BCUT2D eigenvalue weighted by molar-refractivity contribution is 7.07. The van der Waals surface area contributed by atoms with Gasteiger partial charge in [0.2, 0.25) is 0 Å². The van der Waals surface area contributed by atoms with Crippen LogP contribution in [0.3, 0.4) is 0 Å². The van der Waals surface area contributed by atoms with Gasteiger partial charge in [-0.15, -0.1) is 0 Å². The molecule has 0 aromatic carbocycles. The van der Waals surface area contributed by atoms with Crippen LogP contribution in [0.25, 0.3) is 0 Å². The van der Waals surface area contributed by atoms with Crippen LogP contribution in [0.2, 0.25) is 0 Å². The van der Waals surface area contributed by atoms with Crippen molar-refractivity contribution in [2.45, 2.75) is 45.2 Å². The Kier molecular flexibility index (Phi) is 6.33. The zero-order valence-corrected chi connectivity index (χ0v) is 13.0. The van der Waals surface area contributed by atoms with E-state index in [9.17, 15) is 4.79 Å². The number of rotatable bonds is 6. The number of nitrogens with one attached hydrogen (secondary N) is 2. The molecular formula is C15H25N3OS. The van der Waals surface area contributed by atoms with Crippen LogP contribution in [0, 0.1) is 0 Å². The molecule has 2 heterocycles. The van der Waals surface area contributed by atoms with Crippen LogP contribution in [-0.2, 0) is 6.54 Å². The maximum absolute atomic E-state index is 11.6. The molecule has 1 aliphatic heterocycles. The van der Waals surface area contributed by atoms with Crippen LogP contribution >= 0.6 is 11.3 Å². The first-order valence-corrected chi connectivity index (χ1v) is 8.47. The lowest BCUT2D eigenvalue weighted by Crippen LogP contribution is -2.40. The van der Waals surface area contributed by atoms with Crippen LogP contribution in [-0.4, -0.2) is 36.6 Å². The van der Waals surface area contributed by atoms with Crippen molar-refractivity contribution in [3.05, 3.63) is 22.4 Å². The lowest BCUT2D eigenvalue weighted by Gasteiger charge is -2.33. The number of hydrogen-bond acceptors (Lipinski definition) is 3. The molecule has 0 saturated carbocycles. The van der Waals surface area contributed by atoms with E-state index in [1.807, 2.05) is 11.4 Å². The van der Waals surface area contributed by atoms with Gasteiger partial charge in [0.1, 0.15) is 0 Å². The standard InChI is InChI=1S/C15H25N3OS/c1-13-5-2-3-8-18(13)9-4-7-16-15(19)17-11-14-6-10-20-12-14/h6,10,12-13H,2-5,7-9,11H2,1H3,(H2,16,17,19). The fourth-order valence-corrected chi connectivity index (χ4v) is 3.28. The molecule has 1 unspecified atom stereocenters. The summed E-state index contributed by atoms with van der Waals surface area (Å²) in [5.74, 6) is 0. The van der Waals surface area contributed by atoms with Crippen molar-refractivity contribution >= 4 is 17.4 Å². The Morgan fingerprint density at radius 1 is 1.45 bits per heavy atom. The van der Waals surface area contributed by atoms with Crippen molar-refractivity contribution in [3.8, 4) is 0 Å². The molecule has 1 atom stereocenters. The van der Waals surface area contributed by atoms with Crippen molar-refractivity contribution in [3.63, 3.8) is 0 Å². The van der Waals surface area contributed by atoms with Gasteiger partial charge >= 0.3 is 6.03 Å². The summed E-state index contributed by atoms with van der Waals surface area (Å²) in [5, 5.41) is 9.88. The molecule has 0 spiro atoms. The van der Waals surface area contributed by atoms with Crippen molar-refractivity contribution in [1.82, 2.24) is 15.5 Å². The summed E-state index contributed by atoms with van der Waals surface area (Å²) in [6.45, 7) is 5.97. The number of carbonyl (C=O) groups excluding carboxylic acids is 1. The van der Waals surface area contributed by atoms with E-state index in [0.29, 0.717) is 12.6 Å². The molecule has 2 amide bonds. The van der Waals surface area contributed by atoms with Crippen LogP contribution < -0.4 is 10.6 Å². The largest absolute Gasteiger partial charge is 0.338 e. The molecule has 0 aliphatic carbocycles. The van der Waals surface area contributed by atoms with Crippen LogP contribution in [0.4, 0.5) is 4.79 Å². The summed E-state index contributed by atoms with van der Waals surface area (Å²) in [6, 6.07) is 2.67. The fourth-order valence-electron chi connectivity index (χ4n) is 2.61. The lowest BCUT2D eigenvalue weighted by molar-refractivity contribution is 0.159. The van der Waals surface area contributed by atoms with Gasteiger partial charge in [-0.25, -0.2) is 4.79 Å². The van der Waals surface area contributed by atoms with E-state index in [-0.39, 0.29) is 6.03 Å². The lowest BCUT2D eigenvalue weighted by atomic mass is 10.0. The average Bonchev–Trinajstić information content (AvgIpc) is 2.96. The maximum atomic E-state index is 11.6. The van der Waals surface area contributed by atoms with E-state index < -0.39 is 0 Å². The molecule has 20 heavy (non-hydrogen) atoms. The summed E-state index contributed by atoms with van der Waals surface area (Å²) in [5.41, 5.74) is 1.16. The molecule has 1 saturated heterocycles. The Bertz CT molecular complexity index is 394. The predicted octanol–water partition coefficient (Wildman–Crippen LogP) is 2.81. The maximum Gasteiger partial charge on any atom is 0.315 e. The van der Waals surface area contributed by atoms with E-state index in [0.717, 1.165) is 25.1 Å². The fraction of sp³-hybridized carbons (Fsp3) is 0.667. The van der Waals surface area contributed by atoms with Crippen LogP contribution in [0.5, 0.6) is 0 Å². The molecule has 4 nitrogen and oxygen atoms in total. The molecule has 1 aliphatic rings. The van der Waals surface area contributed by atoms with Gasteiger partial charge < -0.3 is 15.5 Å². The van der Waals surface area contributed by atoms with Gasteiger partial charge in [-0.1, -0.05) is 6.42 Å². The molecule has 0 radical (unpaired) electrons. The summed E-state index contributed by atoms with van der Waals surface area (Å²) >= 11 is 1.65. The number of carbonyl (C=O) groups is 1. The highest BCUT2D eigenvalue weighted by Crippen LogP contribution is 2.15. The van der Waals surface area contributed by atoms with E-state index >= 15 is 0 Å². The van der Waals surface area contributed by atoms with Crippen LogP contribution in [0.15, 0.2) is 16.8 Å². The highest BCUT2D eigenvalue weighted by Gasteiger charge is 2.17. The van der Waals surface area contributed by atoms with Gasteiger partial charge in [-0.05, 0) is 55.1 Å². The summed E-state index contributed by atoms with van der Waals surface area (Å²) in [7, 11) is 0. The van der Waals surface area contributed by atoms with E-state index in [1.165, 1.54) is 25.8 Å². The molecular weight excluding hydrogens is 270 g/mol. The first kappa shape index (κ1) is 15.3. The molecule has 1 aromatic heterocycles. The van der Waals surface area contributed by atoms with Gasteiger partial charge in [-0.3, -0.25) is 0 Å². The first-order chi connectivity index (χ1) is 9.75. The second-order valence-electron chi connectivity index (χ2n) is 5.48. The zero-order valence-electron chi connectivity index (χ0n) is 12.2. The topological polar surface area (TPSA) is 44.4 Å². The average molecular weight is 295 g/mol. The first-order valence-electron chi connectivity index (χ1n) is 7.52. The van der Waals surface area contributed by atoms with Gasteiger partial charge in [-0.2, -0.15) is 11.3 Å². The van der Waals surface area contributed by atoms with E-state index in [2.05, 4.69) is 27.8 Å². The minimum atomic E-state index is -0.0668. The number of urea groups is 1. The quantitative estimate of drug-likeness (QED) is 0.793. The predicted molar refractivity (Wildman–Crippen MR) is 84.1 cm³/mol. The second-order valence-corrected chi connectivity index (χ2v) is 6.26. The smallest absolute Gasteiger partial charge is 0.315 e. The van der Waals surface area contributed by atoms with Crippen molar-refractivity contribution < 1.29 is 4.79 Å². The molecule has 112 valence electrons. The molecule has 0 bridgehead atoms. The third kappa shape index (κ3) is 5.13. The molecule has 1 aromatic rings. The van der Waals surface area contributed by atoms with E-state index in [1.54, 1.807) is 11.3 Å². The monoisotopic (exact) mass is 295 g/mol. The van der Waals surface area contributed by atoms with Crippen LogP contribution in [0.1, 0.15) is 38.2 Å². The molecule has 2 N–H and O–H groups in total. The third-order valence-corrected chi connectivity index (χ3v) is 4.61. The number of piperidine rings is 1. The van der Waals surface area contributed by atoms with Crippen molar-refractivity contribution in [2.24, 2.45) is 0 Å². The number of nitrogens with zero attached hydrogens (tertiary/aromatic N) is 1.